The van der Waals surface area contributed by atoms with Crippen molar-refractivity contribution >= 4 is 17.6 Å². The van der Waals surface area contributed by atoms with Crippen LogP contribution in [0, 0.1) is 23.5 Å². The molecule has 3 atom stereocenters. The molecule has 0 saturated carbocycles. The summed E-state index contributed by atoms with van der Waals surface area (Å²) in [6.45, 7) is 0.0392. The molecule has 0 unspecified atom stereocenters. The summed E-state index contributed by atoms with van der Waals surface area (Å²) >= 11 is 0. The third-order valence-corrected chi connectivity index (χ3v) is 6.63. The second kappa shape index (κ2) is 9.80. The highest BCUT2D eigenvalue weighted by molar-refractivity contribution is 5.93. The molecule has 2 N–H and O–H groups in total. The average molecular weight is 488 g/mol. The van der Waals surface area contributed by atoms with E-state index >= 15 is 0 Å². The number of anilines is 1. The number of nitrogens with one attached hydrogen (secondary N) is 1. The number of amides is 3. The molecular formula is C28H23F2N3O3. The van der Waals surface area contributed by atoms with E-state index in [2.05, 4.69) is 17.2 Å². The first-order chi connectivity index (χ1) is 17.4. The van der Waals surface area contributed by atoms with Gasteiger partial charge in [-0.15, -0.1) is 0 Å². The van der Waals surface area contributed by atoms with Gasteiger partial charge in [0, 0.05) is 29.3 Å². The maximum atomic E-state index is 13.2. The fourth-order valence-corrected chi connectivity index (χ4v) is 4.86. The van der Waals surface area contributed by atoms with Crippen LogP contribution in [0.1, 0.15) is 22.6 Å². The van der Waals surface area contributed by atoms with Crippen molar-refractivity contribution in [2.24, 2.45) is 0 Å². The van der Waals surface area contributed by atoms with Gasteiger partial charge in [0.05, 0.1) is 18.7 Å². The minimum absolute atomic E-state index is 0.0926. The molecule has 2 heterocycles. The lowest BCUT2D eigenvalue weighted by Crippen LogP contribution is -2.73. The Kier molecular flexibility index (Phi) is 6.40. The van der Waals surface area contributed by atoms with Crippen molar-refractivity contribution in [2.75, 3.05) is 25.0 Å². The SMILES string of the molecule is O=C(Nc1ccc(F)cc1)N1CC(=O)N2[C@H](C1)[C@H](c1ccc(C#Cc3ccc(F)cc3)cc1)[C@@H]2CO. The number of carbonyl (C=O) groups is 2. The highest BCUT2D eigenvalue weighted by Crippen LogP contribution is 2.43. The standard InChI is InChI=1S/C28H23F2N3O3/c29-21-9-5-19(6-10-21)2-1-18-3-7-20(8-4-18)27-24-15-32(16-26(35)33(24)25(27)17-34)28(36)31-23-13-11-22(30)12-14-23/h3-14,24-25,27,34H,15-17H2,(H,31,36)/t24-,25+,27+/m1/s1. The lowest BCUT2D eigenvalue weighted by molar-refractivity contribution is -0.159. The highest BCUT2D eigenvalue weighted by atomic mass is 19.1. The Morgan fingerprint density at radius 1 is 0.917 bits per heavy atom. The summed E-state index contributed by atoms with van der Waals surface area (Å²) in [4.78, 5) is 28.7. The molecule has 2 aliphatic rings. The lowest BCUT2D eigenvalue weighted by Gasteiger charge is -2.58. The van der Waals surface area contributed by atoms with Gasteiger partial charge in [0.1, 0.15) is 18.2 Å². The fraction of sp³-hybridized carbons (Fsp3) is 0.214. The van der Waals surface area contributed by atoms with Crippen molar-refractivity contribution in [1.82, 2.24) is 9.80 Å². The van der Waals surface area contributed by atoms with Crippen LogP contribution in [0.5, 0.6) is 0 Å². The number of urea groups is 1. The predicted molar refractivity (Wildman–Crippen MR) is 130 cm³/mol. The number of halogens is 2. The highest BCUT2D eigenvalue weighted by Gasteiger charge is 2.54. The first-order valence-electron chi connectivity index (χ1n) is 11.5. The Hall–Kier alpha value is -4.22. The third kappa shape index (κ3) is 4.66. The molecule has 3 aromatic carbocycles. The second-order valence-electron chi connectivity index (χ2n) is 8.84. The Morgan fingerprint density at radius 2 is 1.47 bits per heavy atom. The van der Waals surface area contributed by atoms with E-state index in [4.69, 9.17) is 0 Å². The number of aliphatic hydroxyl groups is 1. The van der Waals surface area contributed by atoms with Gasteiger partial charge in [0.15, 0.2) is 0 Å². The third-order valence-electron chi connectivity index (χ3n) is 6.63. The Morgan fingerprint density at radius 3 is 2.06 bits per heavy atom. The van der Waals surface area contributed by atoms with Gasteiger partial charge in [-0.25, -0.2) is 13.6 Å². The number of rotatable bonds is 3. The largest absolute Gasteiger partial charge is 0.394 e. The molecule has 5 rings (SSSR count). The number of piperazine rings is 1. The van der Waals surface area contributed by atoms with Crippen molar-refractivity contribution in [3.8, 4) is 11.8 Å². The molecule has 6 nitrogen and oxygen atoms in total. The number of carbonyl (C=O) groups excluding carboxylic acids is 2. The lowest BCUT2D eigenvalue weighted by atomic mass is 9.73. The molecule has 2 fully saturated rings. The second-order valence-corrected chi connectivity index (χ2v) is 8.84. The summed E-state index contributed by atoms with van der Waals surface area (Å²) < 4.78 is 26.2. The van der Waals surface area contributed by atoms with Crippen molar-refractivity contribution in [3.63, 3.8) is 0 Å². The first-order valence-corrected chi connectivity index (χ1v) is 11.5. The predicted octanol–water partition coefficient (Wildman–Crippen LogP) is 3.57. The molecule has 2 saturated heterocycles. The van der Waals surface area contributed by atoms with Crippen LogP contribution in [0.3, 0.4) is 0 Å². The van der Waals surface area contributed by atoms with Gasteiger partial charge in [0.2, 0.25) is 5.91 Å². The van der Waals surface area contributed by atoms with E-state index in [0.29, 0.717) is 17.8 Å². The van der Waals surface area contributed by atoms with Crippen LogP contribution in [0.2, 0.25) is 0 Å². The van der Waals surface area contributed by atoms with Crippen molar-refractivity contribution in [1.29, 1.82) is 0 Å². The summed E-state index contributed by atoms with van der Waals surface area (Å²) in [6.07, 6.45) is 0. The van der Waals surface area contributed by atoms with E-state index in [1.54, 1.807) is 17.0 Å². The average Bonchev–Trinajstić information content (AvgIpc) is 2.87. The molecule has 8 heteroatoms. The zero-order chi connectivity index (χ0) is 25.2. The van der Waals surface area contributed by atoms with Crippen molar-refractivity contribution in [2.45, 2.75) is 18.0 Å². The van der Waals surface area contributed by atoms with Crippen LogP contribution in [0.4, 0.5) is 19.3 Å². The van der Waals surface area contributed by atoms with E-state index in [-0.39, 0.29) is 42.9 Å². The number of hydrogen-bond acceptors (Lipinski definition) is 3. The summed E-state index contributed by atoms with van der Waals surface area (Å²) in [5.41, 5.74) is 2.86. The Labute approximate surface area is 207 Å². The van der Waals surface area contributed by atoms with Gasteiger partial charge in [-0.2, -0.15) is 0 Å². The molecule has 0 aliphatic carbocycles. The van der Waals surface area contributed by atoms with Gasteiger partial charge in [-0.05, 0) is 66.2 Å². The Balaban J connectivity index is 1.30. The van der Waals surface area contributed by atoms with E-state index in [9.17, 15) is 23.5 Å². The molecule has 0 bridgehead atoms. The van der Waals surface area contributed by atoms with E-state index in [1.165, 1.54) is 41.3 Å². The van der Waals surface area contributed by atoms with Gasteiger partial charge < -0.3 is 20.2 Å². The van der Waals surface area contributed by atoms with Crippen molar-refractivity contribution < 1.29 is 23.5 Å². The molecule has 0 aromatic heterocycles. The molecule has 36 heavy (non-hydrogen) atoms. The van der Waals surface area contributed by atoms with Gasteiger partial charge in [-0.3, -0.25) is 4.79 Å². The van der Waals surface area contributed by atoms with Gasteiger partial charge in [-0.1, -0.05) is 24.0 Å². The van der Waals surface area contributed by atoms with Crippen LogP contribution in [-0.2, 0) is 4.79 Å². The summed E-state index contributed by atoms with van der Waals surface area (Å²) in [5.74, 6) is 4.96. The van der Waals surface area contributed by atoms with Gasteiger partial charge >= 0.3 is 6.03 Å². The molecule has 182 valence electrons. The fourth-order valence-electron chi connectivity index (χ4n) is 4.86. The minimum atomic E-state index is -0.438. The number of nitrogens with zero attached hydrogens (tertiary/aromatic N) is 2. The maximum absolute atomic E-state index is 13.2. The summed E-state index contributed by atoms with van der Waals surface area (Å²) in [5, 5.41) is 12.7. The Bertz CT molecular complexity index is 1330. The smallest absolute Gasteiger partial charge is 0.322 e. The zero-order valence-corrected chi connectivity index (χ0v) is 19.2. The van der Waals surface area contributed by atoms with Crippen LogP contribution >= 0.6 is 0 Å². The molecule has 2 aliphatic heterocycles. The van der Waals surface area contributed by atoms with Crippen LogP contribution < -0.4 is 5.32 Å². The van der Waals surface area contributed by atoms with Crippen LogP contribution in [-0.4, -0.2) is 58.6 Å². The number of benzene rings is 3. The van der Waals surface area contributed by atoms with E-state index in [1.807, 2.05) is 24.3 Å². The first kappa shape index (κ1) is 23.5. The van der Waals surface area contributed by atoms with E-state index in [0.717, 1.165) is 11.1 Å². The van der Waals surface area contributed by atoms with Gasteiger partial charge in [0.25, 0.3) is 0 Å². The monoisotopic (exact) mass is 487 g/mol. The summed E-state index contributed by atoms with van der Waals surface area (Å²) in [6, 6.07) is 17.9. The molecule has 3 amide bonds. The quantitative estimate of drug-likeness (QED) is 0.555. The molecule has 0 spiro atoms. The molecule has 3 aromatic rings. The molecular weight excluding hydrogens is 464 g/mol. The maximum Gasteiger partial charge on any atom is 0.322 e. The number of hydrogen-bond donors (Lipinski definition) is 2. The zero-order valence-electron chi connectivity index (χ0n) is 19.2. The normalized spacial score (nSPS) is 20.6. The minimum Gasteiger partial charge on any atom is -0.394 e. The molecule has 0 radical (unpaired) electrons. The summed E-state index contributed by atoms with van der Waals surface area (Å²) in [7, 11) is 0. The van der Waals surface area contributed by atoms with E-state index < -0.39 is 11.8 Å². The van der Waals surface area contributed by atoms with Crippen molar-refractivity contribution in [3.05, 3.63) is 101 Å². The number of fused-ring (bicyclic) bond motifs is 1. The number of aliphatic hydroxyl groups excluding tert-OH is 1. The topological polar surface area (TPSA) is 72.9 Å². The van der Waals surface area contributed by atoms with Crippen LogP contribution in [0.15, 0.2) is 72.8 Å². The van der Waals surface area contributed by atoms with Crippen LogP contribution in [0.25, 0.3) is 0 Å².